The zero-order chi connectivity index (χ0) is 11.5. The van der Waals surface area contributed by atoms with Crippen molar-refractivity contribution in [3.8, 4) is 0 Å². The minimum Gasteiger partial charge on any atom is -0.381 e. The normalized spacial score (nSPS) is 38.8. The van der Waals surface area contributed by atoms with Crippen molar-refractivity contribution in [3.63, 3.8) is 0 Å². The van der Waals surface area contributed by atoms with E-state index in [-0.39, 0.29) is 0 Å². The van der Waals surface area contributed by atoms with Gasteiger partial charge in [-0.1, -0.05) is 13.8 Å². The molecule has 0 aromatic heterocycles. The van der Waals surface area contributed by atoms with E-state index in [0.29, 0.717) is 12.0 Å². The van der Waals surface area contributed by atoms with Gasteiger partial charge in [0.25, 0.3) is 0 Å². The van der Waals surface area contributed by atoms with Crippen LogP contribution in [-0.2, 0) is 4.74 Å². The molecule has 2 aliphatic heterocycles. The third-order valence-electron chi connectivity index (χ3n) is 4.46. The molecule has 3 heteroatoms. The van der Waals surface area contributed by atoms with Crippen LogP contribution in [0.25, 0.3) is 0 Å². The summed E-state index contributed by atoms with van der Waals surface area (Å²) in [5.41, 5.74) is 6.27. The Morgan fingerprint density at radius 2 is 2.12 bits per heavy atom. The van der Waals surface area contributed by atoms with E-state index in [1.807, 2.05) is 0 Å². The van der Waals surface area contributed by atoms with E-state index in [4.69, 9.17) is 10.5 Å². The van der Waals surface area contributed by atoms with Gasteiger partial charge in [0.2, 0.25) is 0 Å². The fraction of sp³-hybridized carbons (Fsp3) is 1.00. The van der Waals surface area contributed by atoms with E-state index in [1.54, 1.807) is 0 Å². The largest absolute Gasteiger partial charge is 0.381 e. The smallest absolute Gasteiger partial charge is 0.0510 e. The summed E-state index contributed by atoms with van der Waals surface area (Å²) in [5.74, 6) is 2.29. The highest BCUT2D eigenvalue weighted by molar-refractivity contribution is 4.82. The molecule has 3 nitrogen and oxygen atoms in total. The average Bonchev–Trinajstić information content (AvgIpc) is 2.77. The van der Waals surface area contributed by atoms with Gasteiger partial charge in [0.05, 0.1) is 6.61 Å². The lowest BCUT2D eigenvalue weighted by molar-refractivity contribution is 0.118. The first-order chi connectivity index (χ1) is 7.66. The Kier molecular flexibility index (Phi) is 4.22. The van der Waals surface area contributed by atoms with Gasteiger partial charge < -0.3 is 15.4 Å². The monoisotopic (exact) mass is 226 g/mol. The van der Waals surface area contributed by atoms with E-state index >= 15 is 0 Å². The SMILES string of the molecule is CC1CCN(CC(N)C2CCOC2)CC1C. The minimum atomic E-state index is 0.308. The lowest BCUT2D eigenvalue weighted by atomic mass is 9.88. The number of hydrogen-bond acceptors (Lipinski definition) is 3. The molecule has 0 aromatic rings. The van der Waals surface area contributed by atoms with Gasteiger partial charge in [0, 0.05) is 31.7 Å². The molecule has 2 saturated heterocycles. The molecule has 2 N–H and O–H groups in total. The van der Waals surface area contributed by atoms with Crippen LogP contribution in [0.4, 0.5) is 0 Å². The Bertz CT molecular complexity index is 216. The van der Waals surface area contributed by atoms with Gasteiger partial charge in [0.1, 0.15) is 0 Å². The van der Waals surface area contributed by atoms with Crippen LogP contribution in [0.1, 0.15) is 26.7 Å². The molecular weight excluding hydrogens is 200 g/mol. The Labute approximate surface area is 99.3 Å². The third kappa shape index (κ3) is 2.96. The zero-order valence-electron chi connectivity index (χ0n) is 10.7. The standard InChI is InChI=1S/C13H26N2O/c1-10-3-5-15(7-11(10)2)8-13(14)12-4-6-16-9-12/h10-13H,3-9,14H2,1-2H3. The predicted octanol–water partition coefficient (Wildman–Crippen LogP) is 1.33. The van der Waals surface area contributed by atoms with Crippen molar-refractivity contribution in [2.24, 2.45) is 23.5 Å². The maximum atomic E-state index is 6.27. The Balaban J connectivity index is 1.76. The molecule has 2 aliphatic rings. The molecule has 0 radical (unpaired) electrons. The van der Waals surface area contributed by atoms with Crippen molar-refractivity contribution in [1.82, 2.24) is 4.90 Å². The topological polar surface area (TPSA) is 38.5 Å². The van der Waals surface area contributed by atoms with Crippen LogP contribution < -0.4 is 5.73 Å². The summed E-state index contributed by atoms with van der Waals surface area (Å²) < 4.78 is 5.41. The summed E-state index contributed by atoms with van der Waals surface area (Å²) in [6.07, 6.45) is 2.48. The number of nitrogens with zero attached hydrogens (tertiary/aromatic N) is 1. The lowest BCUT2D eigenvalue weighted by Gasteiger charge is -2.37. The van der Waals surface area contributed by atoms with Crippen LogP contribution >= 0.6 is 0 Å². The molecular formula is C13H26N2O. The lowest BCUT2D eigenvalue weighted by Crippen LogP contribution is -2.47. The Hall–Kier alpha value is -0.120. The summed E-state index contributed by atoms with van der Waals surface area (Å²) in [5, 5.41) is 0. The van der Waals surface area contributed by atoms with E-state index < -0.39 is 0 Å². The van der Waals surface area contributed by atoms with E-state index in [9.17, 15) is 0 Å². The molecule has 0 aliphatic carbocycles. The maximum Gasteiger partial charge on any atom is 0.0510 e. The second-order valence-electron chi connectivity index (χ2n) is 5.79. The highest BCUT2D eigenvalue weighted by atomic mass is 16.5. The summed E-state index contributed by atoms with van der Waals surface area (Å²) in [6.45, 7) is 10.0. The van der Waals surface area contributed by atoms with Crippen LogP contribution in [0.15, 0.2) is 0 Å². The first kappa shape index (κ1) is 12.3. The Morgan fingerprint density at radius 1 is 1.31 bits per heavy atom. The summed E-state index contributed by atoms with van der Waals surface area (Å²) in [4.78, 5) is 2.55. The highest BCUT2D eigenvalue weighted by Gasteiger charge is 2.28. The van der Waals surface area contributed by atoms with E-state index in [0.717, 1.165) is 38.0 Å². The molecule has 0 spiro atoms. The van der Waals surface area contributed by atoms with Gasteiger partial charge in [-0.3, -0.25) is 0 Å². The van der Waals surface area contributed by atoms with Gasteiger partial charge in [0.15, 0.2) is 0 Å². The van der Waals surface area contributed by atoms with E-state index in [1.165, 1.54) is 19.5 Å². The third-order valence-corrected chi connectivity index (χ3v) is 4.46. The number of hydrogen-bond donors (Lipinski definition) is 1. The van der Waals surface area contributed by atoms with Gasteiger partial charge in [-0.25, -0.2) is 0 Å². The molecule has 4 unspecified atom stereocenters. The molecule has 0 saturated carbocycles. The van der Waals surface area contributed by atoms with Crippen LogP contribution in [0, 0.1) is 17.8 Å². The average molecular weight is 226 g/mol. The van der Waals surface area contributed by atoms with Crippen LogP contribution in [0.2, 0.25) is 0 Å². The van der Waals surface area contributed by atoms with Crippen LogP contribution in [0.5, 0.6) is 0 Å². The summed E-state index contributed by atoms with van der Waals surface area (Å²) in [7, 11) is 0. The number of nitrogens with two attached hydrogens (primary N) is 1. The predicted molar refractivity (Wildman–Crippen MR) is 66.3 cm³/mol. The van der Waals surface area contributed by atoms with Gasteiger partial charge >= 0.3 is 0 Å². The fourth-order valence-electron chi connectivity index (χ4n) is 2.85. The first-order valence-corrected chi connectivity index (χ1v) is 6.72. The summed E-state index contributed by atoms with van der Waals surface area (Å²) in [6, 6.07) is 0.308. The number of likely N-dealkylation sites (tertiary alicyclic amines) is 1. The second-order valence-corrected chi connectivity index (χ2v) is 5.79. The van der Waals surface area contributed by atoms with Crippen LogP contribution in [-0.4, -0.2) is 43.8 Å². The molecule has 0 aromatic carbocycles. The summed E-state index contributed by atoms with van der Waals surface area (Å²) >= 11 is 0. The van der Waals surface area contributed by atoms with Crippen molar-refractivity contribution in [2.75, 3.05) is 32.8 Å². The first-order valence-electron chi connectivity index (χ1n) is 6.72. The van der Waals surface area contributed by atoms with E-state index in [2.05, 4.69) is 18.7 Å². The molecule has 0 amide bonds. The molecule has 2 heterocycles. The number of ether oxygens (including phenoxy) is 1. The van der Waals surface area contributed by atoms with Crippen molar-refractivity contribution < 1.29 is 4.74 Å². The van der Waals surface area contributed by atoms with Crippen molar-refractivity contribution >= 4 is 0 Å². The van der Waals surface area contributed by atoms with Gasteiger partial charge in [-0.15, -0.1) is 0 Å². The molecule has 16 heavy (non-hydrogen) atoms. The van der Waals surface area contributed by atoms with Crippen molar-refractivity contribution in [1.29, 1.82) is 0 Å². The molecule has 2 fully saturated rings. The number of piperidine rings is 1. The van der Waals surface area contributed by atoms with Crippen molar-refractivity contribution in [3.05, 3.63) is 0 Å². The molecule has 2 rings (SSSR count). The van der Waals surface area contributed by atoms with Gasteiger partial charge in [-0.05, 0) is 31.2 Å². The second kappa shape index (κ2) is 5.48. The van der Waals surface area contributed by atoms with Gasteiger partial charge in [-0.2, -0.15) is 0 Å². The van der Waals surface area contributed by atoms with Crippen molar-refractivity contribution in [2.45, 2.75) is 32.7 Å². The fourth-order valence-corrected chi connectivity index (χ4v) is 2.85. The highest BCUT2D eigenvalue weighted by Crippen LogP contribution is 2.23. The zero-order valence-corrected chi connectivity index (χ0v) is 10.7. The Morgan fingerprint density at radius 3 is 2.75 bits per heavy atom. The minimum absolute atomic E-state index is 0.308. The molecule has 4 atom stereocenters. The van der Waals surface area contributed by atoms with Crippen LogP contribution in [0.3, 0.4) is 0 Å². The molecule has 0 bridgehead atoms. The maximum absolute atomic E-state index is 6.27. The number of rotatable bonds is 3. The quantitative estimate of drug-likeness (QED) is 0.789. The molecule has 94 valence electrons.